The molecule has 0 unspecified atom stereocenters. The van der Waals surface area contributed by atoms with Crippen LogP contribution in [0.25, 0.3) is 0 Å². The molecule has 4 N–H and O–H groups in total. The summed E-state index contributed by atoms with van der Waals surface area (Å²) in [6.07, 6.45) is 0.481. The summed E-state index contributed by atoms with van der Waals surface area (Å²) in [6, 6.07) is 12.6. The van der Waals surface area contributed by atoms with Crippen LogP contribution in [0.3, 0.4) is 0 Å². The van der Waals surface area contributed by atoms with Gasteiger partial charge >= 0.3 is 5.97 Å². The lowest BCUT2D eigenvalue weighted by atomic mass is 9.85. The van der Waals surface area contributed by atoms with Crippen molar-refractivity contribution in [2.75, 3.05) is 20.2 Å². The summed E-state index contributed by atoms with van der Waals surface area (Å²) >= 11 is 0. The number of aryl methyl sites for hydroxylation is 1. The zero-order valence-electron chi connectivity index (χ0n) is 19.6. The van der Waals surface area contributed by atoms with Gasteiger partial charge in [0, 0.05) is 25.6 Å². The van der Waals surface area contributed by atoms with Crippen molar-refractivity contribution in [3.05, 3.63) is 64.7 Å². The molecule has 34 heavy (non-hydrogen) atoms. The molecule has 2 amide bonds. The van der Waals surface area contributed by atoms with E-state index >= 15 is 0 Å². The van der Waals surface area contributed by atoms with Crippen LogP contribution in [-0.2, 0) is 14.3 Å². The Morgan fingerprint density at radius 1 is 1.09 bits per heavy atom. The molecule has 0 saturated carbocycles. The number of aliphatic imine (C=N–C) groups is 1. The molecule has 9 heteroatoms. The number of guanidine groups is 1. The number of hydrogen-bond acceptors (Lipinski definition) is 5. The minimum Gasteiger partial charge on any atom is -0.496 e. The number of carbonyl (C=O) groups is 3. The summed E-state index contributed by atoms with van der Waals surface area (Å²) in [5.41, 5.74) is 13.6. The van der Waals surface area contributed by atoms with Crippen LogP contribution in [-0.4, -0.2) is 48.8 Å². The summed E-state index contributed by atoms with van der Waals surface area (Å²) in [5, 5.41) is 0. The first kappa shape index (κ1) is 24.8. The fourth-order valence-electron chi connectivity index (χ4n) is 4.29. The van der Waals surface area contributed by atoms with Gasteiger partial charge in [-0.2, -0.15) is 4.99 Å². The molecular formula is C25H30N4O5. The van der Waals surface area contributed by atoms with E-state index in [-0.39, 0.29) is 23.3 Å². The smallest absolute Gasteiger partial charge is 0.303 e. The Morgan fingerprint density at radius 3 is 2.29 bits per heavy atom. The summed E-state index contributed by atoms with van der Waals surface area (Å²) in [6.45, 7) is 4.26. The number of likely N-dealkylation sites (tertiary alicyclic amines) is 1. The maximum Gasteiger partial charge on any atom is 0.303 e. The van der Waals surface area contributed by atoms with E-state index in [0.29, 0.717) is 24.4 Å². The highest BCUT2D eigenvalue weighted by atomic mass is 16.5. The number of rotatable bonds is 6. The van der Waals surface area contributed by atoms with E-state index < -0.39 is 18.0 Å². The SMILES string of the molecule is COc1cc(C2CCN(C(=O)[C@@H](OC(C)=O)c3ccccc3)CC2)c(C)cc1C(=O)N=C(N)N. The Bertz CT molecular complexity index is 1090. The van der Waals surface area contributed by atoms with Crippen molar-refractivity contribution >= 4 is 23.7 Å². The van der Waals surface area contributed by atoms with Crippen LogP contribution in [0.4, 0.5) is 0 Å². The van der Waals surface area contributed by atoms with Gasteiger partial charge in [-0.05, 0) is 48.9 Å². The second-order valence-electron chi connectivity index (χ2n) is 8.25. The summed E-state index contributed by atoms with van der Waals surface area (Å²) in [5.74, 6) is -1.04. The Hall–Kier alpha value is -3.88. The topological polar surface area (TPSA) is 137 Å². The van der Waals surface area contributed by atoms with E-state index in [2.05, 4.69) is 4.99 Å². The van der Waals surface area contributed by atoms with Gasteiger partial charge in [0.1, 0.15) is 5.75 Å². The molecule has 0 aliphatic carbocycles. The molecular weight excluding hydrogens is 436 g/mol. The lowest BCUT2D eigenvalue weighted by Crippen LogP contribution is -2.41. The first-order chi connectivity index (χ1) is 16.2. The van der Waals surface area contributed by atoms with Crippen LogP contribution in [0.1, 0.15) is 58.8 Å². The summed E-state index contributed by atoms with van der Waals surface area (Å²) in [7, 11) is 1.49. The number of piperidine rings is 1. The Balaban J connectivity index is 1.76. The molecule has 1 fully saturated rings. The van der Waals surface area contributed by atoms with Gasteiger partial charge in [0.25, 0.3) is 11.8 Å². The average molecular weight is 467 g/mol. The lowest BCUT2D eigenvalue weighted by molar-refractivity contribution is -0.159. The van der Waals surface area contributed by atoms with Crippen LogP contribution in [0.2, 0.25) is 0 Å². The van der Waals surface area contributed by atoms with Gasteiger partial charge in [-0.3, -0.25) is 14.4 Å². The third-order valence-corrected chi connectivity index (χ3v) is 5.91. The Morgan fingerprint density at radius 2 is 1.74 bits per heavy atom. The van der Waals surface area contributed by atoms with Gasteiger partial charge in [0.15, 0.2) is 5.96 Å². The van der Waals surface area contributed by atoms with Gasteiger partial charge in [-0.25, -0.2) is 0 Å². The number of ether oxygens (including phenoxy) is 2. The molecule has 0 spiro atoms. The Kier molecular flexibility index (Phi) is 7.88. The maximum absolute atomic E-state index is 13.2. The van der Waals surface area contributed by atoms with Crippen molar-refractivity contribution in [1.29, 1.82) is 0 Å². The number of esters is 1. The van der Waals surface area contributed by atoms with E-state index in [1.54, 1.807) is 23.1 Å². The second-order valence-corrected chi connectivity index (χ2v) is 8.25. The molecule has 180 valence electrons. The Labute approximate surface area is 198 Å². The van der Waals surface area contributed by atoms with Gasteiger partial charge in [-0.1, -0.05) is 30.3 Å². The van der Waals surface area contributed by atoms with E-state index in [1.165, 1.54) is 14.0 Å². The van der Waals surface area contributed by atoms with Crippen molar-refractivity contribution in [1.82, 2.24) is 4.90 Å². The maximum atomic E-state index is 13.2. The van der Waals surface area contributed by atoms with Gasteiger partial charge < -0.3 is 25.8 Å². The van der Waals surface area contributed by atoms with Crippen LogP contribution in [0, 0.1) is 6.92 Å². The monoisotopic (exact) mass is 466 g/mol. The molecule has 9 nitrogen and oxygen atoms in total. The second kappa shape index (κ2) is 10.8. The third-order valence-electron chi connectivity index (χ3n) is 5.91. The number of amides is 2. The molecule has 0 radical (unpaired) electrons. The summed E-state index contributed by atoms with van der Waals surface area (Å²) in [4.78, 5) is 42.5. The minimum absolute atomic E-state index is 0.175. The number of nitrogens with zero attached hydrogens (tertiary/aromatic N) is 2. The molecule has 0 bridgehead atoms. The van der Waals surface area contributed by atoms with E-state index in [9.17, 15) is 14.4 Å². The lowest BCUT2D eigenvalue weighted by Gasteiger charge is -2.35. The number of methoxy groups -OCH3 is 1. The fourth-order valence-corrected chi connectivity index (χ4v) is 4.29. The van der Waals surface area contributed by atoms with Gasteiger partial charge in [0.05, 0.1) is 12.7 Å². The van der Waals surface area contributed by atoms with Crippen molar-refractivity contribution < 1.29 is 23.9 Å². The number of carbonyl (C=O) groups excluding carboxylic acids is 3. The van der Waals surface area contributed by atoms with Crippen molar-refractivity contribution in [2.45, 2.75) is 38.7 Å². The average Bonchev–Trinajstić information content (AvgIpc) is 2.82. The quantitative estimate of drug-likeness (QED) is 0.379. The molecule has 1 aliphatic heterocycles. The highest BCUT2D eigenvalue weighted by Crippen LogP contribution is 2.35. The zero-order chi connectivity index (χ0) is 24.8. The van der Waals surface area contributed by atoms with Crippen LogP contribution < -0.4 is 16.2 Å². The molecule has 0 aromatic heterocycles. The highest BCUT2D eigenvalue weighted by Gasteiger charge is 2.32. The van der Waals surface area contributed by atoms with Gasteiger partial charge in [0.2, 0.25) is 6.10 Å². The minimum atomic E-state index is -0.960. The normalized spacial score (nSPS) is 14.7. The standard InChI is InChI=1S/C25H30N4O5/c1-15-13-20(23(31)28-25(26)27)21(33-3)14-19(15)17-9-11-29(12-10-17)24(32)22(34-16(2)30)18-7-5-4-6-8-18/h4-8,13-14,17,22H,9-12H2,1-3H3,(H4,26,27,28,31)/t22-/m0/s1. The summed E-state index contributed by atoms with van der Waals surface area (Å²) < 4.78 is 10.8. The zero-order valence-corrected chi connectivity index (χ0v) is 19.6. The first-order valence-corrected chi connectivity index (χ1v) is 11.0. The van der Waals surface area contributed by atoms with Crippen molar-refractivity contribution in [3.63, 3.8) is 0 Å². The van der Waals surface area contributed by atoms with Crippen molar-refractivity contribution in [2.24, 2.45) is 16.5 Å². The number of hydrogen-bond donors (Lipinski definition) is 2. The fraction of sp³-hybridized carbons (Fsp3) is 0.360. The van der Waals surface area contributed by atoms with Crippen LogP contribution >= 0.6 is 0 Å². The predicted molar refractivity (Wildman–Crippen MR) is 127 cm³/mol. The molecule has 1 aliphatic rings. The molecule has 2 aromatic carbocycles. The number of nitrogens with two attached hydrogens (primary N) is 2. The predicted octanol–water partition coefficient (Wildman–Crippen LogP) is 2.43. The van der Waals surface area contributed by atoms with Crippen LogP contribution in [0.5, 0.6) is 5.75 Å². The van der Waals surface area contributed by atoms with E-state index in [0.717, 1.165) is 24.0 Å². The molecule has 1 atom stereocenters. The molecule has 2 aromatic rings. The first-order valence-electron chi connectivity index (χ1n) is 11.0. The highest BCUT2D eigenvalue weighted by molar-refractivity contribution is 6.03. The van der Waals surface area contributed by atoms with Crippen molar-refractivity contribution in [3.8, 4) is 5.75 Å². The number of benzene rings is 2. The largest absolute Gasteiger partial charge is 0.496 e. The molecule has 1 saturated heterocycles. The third kappa shape index (κ3) is 5.72. The molecule has 3 rings (SSSR count). The van der Waals surface area contributed by atoms with Crippen LogP contribution in [0.15, 0.2) is 47.5 Å². The van der Waals surface area contributed by atoms with E-state index in [4.69, 9.17) is 20.9 Å². The van der Waals surface area contributed by atoms with E-state index in [1.807, 2.05) is 31.2 Å². The molecule has 1 heterocycles. The van der Waals surface area contributed by atoms with Gasteiger partial charge in [-0.15, -0.1) is 0 Å².